The second-order valence-corrected chi connectivity index (χ2v) is 3.67. The van der Waals surface area contributed by atoms with E-state index >= 15 is 0 Å². The van der Waals surface area contributed by atoms with Gasteiger partial charge in [-0.2, -0.15) is 0 Å². The van der Waals surface area contributed by atoms with E-state index < -0.39 is 4.92 Å². The van der Waals surface area contributed by atoms with Crippen LogP contribution >= 0.6 is 11.6 Å². The quantitative estimate of drug-likeness (QED) is 0.605. The molecule has 4 nitrogen and oxygen atoms in total. The number of non-ortho nitro benzene ring substituents is 1. The summed E-state index contributed by atoms with van der Waals surface area (Å²) in [6.07, 6.45) is 1.04. The number of hydrogen-bond donors (Lipinski definition) is 1. The number of nitrogens with zero attached hydrogens (tertiary/aromatic N) is 1. The third-order valence-electron chi connectivity index (χ3n) is 2.39. The second kappa shape index (κ2) is 3.55. The molecule has 1 aliphatic heterocycles. The van der Waals surface area contributed by atoms with Crippen LogP contribution in [0.25, 0.3) is 0 Å². The Morgan fingerprint density at radius 2 is 2.29 bits per heavy atom. The molecule has 1 N–H and O–H groups in total. The number of benzene rings is 1. The van der Waals surface area contributed by atoms with E-state index in [1.807, 2.05) is 0 Å². The van der Waals surface area contributed by atoms with Gasteiger partial charge in [0.2, 0.25) is 0 Å². The molecule has 0 amide bonds. The minimum absolute atomic E-state index is 0.0399. The third kappa shape index (κ3) is 1.58. The van der Waals surface area contributed by atoms with Crippen LogP contribution in [0.15, 0.2) is 18.2 Å². The van der Waals surface area contributed by atoms with Crippen LogP contribution in [0.4, 0.5) is 5.69 Å². The molecule has 0 aliphatic carbocycles. The zero-order chi connectivity index (χ0) is 10.1. The van der Waals surface area contributed by atoms with E-state index in [9.17, 15) is 10.1 Å². The van der Waals surface area contributed by atoms with Gasteiger partial charge in [0, 0.05) is 18.2 Å². The van der Waals surface area contributed by atoms with Crippen LogP contribution < -0.4 is 5.32 Å². The lowest BCUT2D eigenvalue weighted by molar-refractivity contribution is -0.384. The van der Waals surface area contributed by atoms with E-state index in [1.54, 1.807) is 6.07 Å². The highest BCUT2D eigenvalue weighted by molar-refractivity contribution is 6.31. The molecule has 2 rings (SSSR count). The predicted molar refractivity (Wildman–Crippen MR) is 53.5 cm³/mol. The molecule has 0 aromatic heterocycles. The number of halogens is 1. The molecule has 1 aliphatic rings. The number of rotatable bonds is 2. The van der Waals surface area contributed by atoms with E-state index in [1.165, 1.54) is 12.1 Å². The van der Waals surface area contributed by atoms with Crippen LogP contribution in [0.2, 0.25) is 5.02 Å². The molecular weight excluding hydrogens is 204 g/mol. The average molecular weight is 213 g/mol. The molecule has 0 radical (unpaired) electrons. The van der Waals surface area contributed by atoms with Gasteiger partial charge in [0.25, 0.3) is 5.69 Å². The van der Waals surface area contributed by atoms with Crippen molar-refractivity contribution in [1.29, 1.82) is 0 Å². The molecule has 1 heterocycles. The van der Waals surface area contributed by atoms with E-state index in [-0.39, 0.29) is 11.7 Å². The lowest BCUT2D eigenvalue weighted by atomic mass is 9.98. The maximum atomic E-state index is 10.4. The first kappa shape index (κ1) is 9.43. The minimum Gasteiger partial charge on any atom is -0.310 e. The van der Waals surface area contributed by atoms with Crippen LogP contribution in [-0.4, -0.2) is 11.5 Å². The molecule has 0 spiro atoms. The smallest absolute Gasteiger partial charge is 0.270 e. The minimum atomic E-state index is -0.441. The van der Waals surface area contributed by atoms with Crippen LogP contribution in [-0.2, 0) is 0 Å². The van der Waals surface area contributed by atoms with Crippen molar-refractivity contribution in [3.8, 4) is 0 Å². The monoisotopic (exact) mass is 212 g/mol. The Labute approximate surface area is 86.0 Å². The predicted octanol–water partition coefficient (Wildman–Crippen LogP) is 2.28. The molecule has 1 unspecified atom stereocenters. The van der Waals surface area contributed by atoms with Crippen molar-refractivity contribution in [1.82, 2.24) is 5.32 Å². The summed E-state index contributed by atoms with van der Waals surface area (Å²) >= 11 is 5.94. The molecule has 1 atom stereocenters. The van der Waals surface area contributed by atoms with Crippen molar-refractivity contribution < 1.29 is 4.92 Å². The van der Waals surface area contributed by atoms with E-state index in [2.05, 4.69) is 5.32 Å². The molecule has 1 aromatic carbocycles. The lowest BCUT2D eigenvalue weighted by Gasteiger charge is -2.28. The maximum Gasteiger partial charge on any atom is 0.270 e. The van der Waals surface area contributed by atoms with Crippen molar-refractivity contribution in [3.05, 3.63) is 38.9 Å². The van der Waals surface area contributed by atoms with Crippen molar-refractivity contribution in [2.75, 3.05) is 6.54 Å². The SMILES string of the molecule is O=[N+]([O-])c1ccc(C2CCN2)c(Cl)c1. The van der Waals surface area contributed by atoms with Crippen molar-refractivity contribution >= 4 is 17.3 Å². The summed E-state index contributed by atoms with van der Waals surface area (Å²) < 4.78 is 0. The Hall–Kier alpha value is -1.13. The summed E-state index contributed by atoms with van der Waals surface area (Å²) in [6.45, 7) is 0.984. The summed E-state index contributed by atoms with van der Waals surface area (Å²) in [5.74, 6) is 0. The van der Waals surface area contributed by atoms with Gasteiger partial charge < -0.3 is 5.32 Å². The Balaban J connectivity index is 2.30. The third-order valence-corrected chi connectivity index (χ3v) is 2.72. The Bertz CT molecular complexity index is 377. The summed E-state index contributed by atoms with van der Waals surface area (Å²) in [7, 11) is 0. The molecule has 14 heavy (non-hydrogen) atoms. The molecule has 1 aromatic rings. The number of nitro groups is 1. The first-order chi connectivity index (χ1) is 6.68. The highest BCUT2D eigenvalue weighted by atomic mass is 35.5. The molecule has 0 saturated carbocycles. The molecule has 1 saturated heterocycles. The fraction of sp³-hybridized carbons (Fsp3) is 0.333. The fourth-order valence-electron chi connectivity index (χ4n) is 1.47. The Morgan fingerprint density at radius 3 is 2.71 bits per heavy atom. The fourth-order valence-corrected chi connectivity index (χ4v) is 1.77. The van der Waals surface area contributed by atoms with E-state index in [0.717, 1.165) is 18.5 Å². The average Bonchev–Trinajstić information content (AvgIpc) is 2.04. The second-order valence-electron chi connectivity index (χ2n) is 3.26. The largest absolute Gasteiger partial charge is 0.310 e. The van der Waals surface area contributed by atoms with Gasteiger partial charge in [-0.25, -0.2) is 0 Å². The highest BCUT2D eigenvalue weighted by Gasteiger charge is 2.22. The zero-order valence-electron chi connectivity index (χ0n) is 7.37. The normalized spacial score (nSPS) is 20.2. The first-order valence-corrected chi connectivity index (χ1v) is 4.73. The van der Waals surface area contributed by atoms with Crippen LogP contribution in [0.1, 0.15) is 18.0 Å². The van der Waals surface area contributed by atoms with Gasteiger partial charge in [0.1, 0.15) is 0 Å². The van der Waals surface area contributed by atoms with Crippen LogP contribution in [0.3, 0.4) is 0 Å². The molecule has 1 fully saturated rings. The van der Waals surface area contributed by atoms with Gasteiger partial charge in [-0.1, -0.05) is 11.6 Å². The van der Waals surface area contributed by atoms with Gasteiger partial charge in [-0.05, 0) is 24.6 Å². The van der Waals surface area contributed by atoms with Crippen molar-refractivity contribution in [2.24, 2.45) is 0 Å². The Morgan fingerprint density at radius 1 is 1.57 bits per heavy atom. The van der Waals surface area contributed by atoms with E-state index in [0.29, 0.717) is 5.02 Å². The van der Waals surface area contributed by atoms with Gasteiger partial charge in [0.15, 0.2) is 0 Å². The maximum absolute atomic E-state index is 10.4. The highest BCUT2D eigenvalue weighted by Crippen LogP contribution is 2.31. The summed E-state index contributed by atoms with van der Waals surface area (Å²) in [6, 6.07) is 4.87. The summed E-state index contributed by atoms with van der Waals surface area (Å²) in [5, 5.41) is 14.1. The Kier molecular flexibility index (Phi) is 2.39. The number of hydrogen-bond acceptors (Lipinski definition) is 3. The zero-order valence-corrected chi connectivity index (χ0v) is 8.12. The summed E-state index contributed by atoms with van der Waals surface area (Å²) in [4.78, 5) is 10.0. The number of nitro benzene ring substituents is 1. The molecule has 5 heteroatoms. The van der Waals surface area contributed by atoms with Crippen LogP contribution in [0.5, 0.6) is 0 Å². The molecule has 74 valence electrons. The molecule has 0 bridgehead atoms. The van der Waals surface area contributed by atoms with Crippen molar-refractivity contribution in [2.45, 2.75) is 12.5 Å². The lowest BCUT2D eigenvalue weighted by Crippen LogP contribution is -2.35. The number of nitrogens with one attached hydrogen (secondary N) is 1. The first-order valence-electron chi connectivity index (χ1n) is 4.35. The topological polar surface area (TPSA) is 55.2 Å². The van der Waals surface area contributed by atoms with E-state index in [4.69, 9.17) is 11.6 Å². The summed E-state index contributed by atoms with van der Waals surface area (Å²) in [5.41, 5.74) is 0.988. The van der Waals surface area contributed by atoms with Gasteiger partial charge in [-0.15, -0.1) is 0 Å². The van der Waals surface area contributed by atoms with Crippen molar-refractivity contribution in [3.63, 3.8) is 0 Å². The standard InChI is InChI=1S/C9H9ClN2O2/c10-8-5-6(12(13)14)1-2-7(8)9-3-4-11-9/h1-2,5,9,11H,3-4H2. The van der Waals surface area contributed by atoms with Gasteiger partial charge >= 0.3 is 0 Å². The van der Waals surface area contributed by atoms with Gasteiger partial charge in [-0.3, -0.25) is 10.1 Å². The molecular formula is C9H9ClN2O2. The van der Waals surface area contributed by atoms with Crippen LogP contribution in [0, 0.1) is 10.1 Å². The van der Waals surface area contributed by atoms with Gasteiger partial charge in [0.05, 0.1) is 9.95 Å².